The summed E-state index contributed by atoms with van der Waals surface area (Å²) in [6.07, 6.45) is -2.04. The monoisotopic (exact) mass is 303 g/mol. The lowest BCUT2D eigenvalue weighted by Crippen LogP contribution is -2.41. The fraction of sp³-hybridized carbons (Fsp3) is 0.600. The summed E-state index contributed by atoms with van der Waals surface area (Å²) >= 11 is 0. The van der Waals surface area contributed by atoms with Gasteiger partial charge in [-0.3, -0.25) is 0 Å². The predicted molar refractivity (Wildman–Crippen MR) is 75.0 cm³/mol. The highest BCUT2D eigenvalue weighted by Gasteiger charge is 2.45. The van der Waals surface area contributed by atoms with Crippen molar-refractivity contribution in [3.63, 3.8) is 0 Å². The van der Waals surface area contributed by atoms with Crippen LogP contribution in [0.5, 0.6) is 11.5 Å². The highest BCUT2D eigenvalue weighted by molar-refractivity contribution is 5.59. The Kier molecular flexibility index (Phi) is 4.85. The second kappa shape index (κ2) is 6.45. The van der Waals surface area contributed by atoms with Crippen molar-refractivity contribution in [2.45, 2.75) is 37.9 Å². The lowest BCUT2D eigenvalue weighted by molar-refractivity contribution is -0.184. The van der Waals surface area contributed by atoms with Crippen LogP contribution in [0.4, 0.5) is 18.9 Å². The Hall–Kier alpha value is -1.59. The van der Waals surface area contributed by atoms with E-state index in [2.05, 4.69) is 5.32 Å². The molecule has 0 saturated heterocycles. The summed E-state index contributed by atoms with van der Waals surface area (Å²) in [5, 5.41) is 3.01. The SMILES string of the molecule is COc1ccc(NC2CCCCC2C(F)(F)F)c(OC)c1. The van der Waals surface area contributed by atoms with E-state index in [4.69, 9.17) is 9.47 Å². The van der Waals surface area contributed by atoms with Gasteiger partial charge in [0.1, 0.15) is 11.5 Å². The number of alkyl halides is 3. The van der Waals surface area contributed by atoms with Crippen LogP contribution >= 0.6 is 0 Å². The second-order valence-corrected chi connectivity index (χ2v) is 5.25. The van der Waals surface area contributed by atoms with Crippen LogP contribution in [0.2, 0.25) is 0 Å². The van der Waals surface area contributed by atoms with Crippen LogP contribution < -0.4 is 14.8 Å². The highest BCUT2D eigenvalue weighted by Crippen LogP contribution is 2.40. The molecular formula is C15H20F3NO2. The molecule has 3 nitrogen and oxygen atoms in total. The summed E-state index contributed by atoms with van der Waals surface area (Å²) in [6, 6.07) is 4.45. The van der Waals surface area contributed by atoms with Gasteiger partial charge in [0.15, 0.2) is 0 Å². The van der Waals surface area contributed by atoms with Crippen LogP contribution in [-0.4, -0.2) is 26.4 Å². The first-order valence-electron chi connectivity index (χ1n) is 7.01. The summed E-state index contributed by atoms with van der Waals surface area (Å²) in [5.41, 5.74) is 0.569. The molecule has 0 aliphatic heterocycles. The van der Waals surface area contributed by atoms with Gasteiger partial charge in [0.2, 0.25) is 0 Å². The van der Waals surface area contributed by atoms with Crippen LogP contribution in [0.3, 0.4) is 0 Å². The van der Waals surface area contributed by atoms with Gasteiger partial charge in [-0.2, -0.15) is 13.2 Å². The summed E-state index contributed by atoms with van der Waals surface area (Å²) in [4.78, 5) is 0. The van der Waals surface area contributed by atoms with Gasteiger partial charge in [0.25, 0.3) is 0 Å². The van der Waals surface area contributed by atoms with Gasteiger partial charge in [-0.1, -0.05) is 12.8 Å². The number of methoxy groups -OCH3 is 2. The van der Waals surface area contributed by atoms with Crippen LogP contribution in [0.15, 0.2) is 18.2 Å². The molecule has 6 heteroatoms. The van der Waals surface area contributed by atoms with Gasteiger partial charge in [-0.25, -0.2) is 0 Å². The molecule has 1 aromatic carbocycles. The Balaban J connectivity index is 2.19. The highest BCUT2D eigenvalue weighted by atomic mass is 19.4. The first-order chi connectivity index (χ1) is 9.95. The molecule has 0 heterocycles. The molecule has 1 N–H and O–H groups in total. The largest absolute Gasteiger partial charge is 0.497 e. The summed E-state index contributed by atoms with van der Waals surface area (Å²) in [6.45, 7) is 0. The predicted octanol–water partition coefficient (Wildman–Crippen LogP) is 4.24. The van der Waals surface area contributed by atoms with Gasteiger partial charge in [-0.15, -0.1) is 0 Å². The fourth-order valence-electron chi connectivity index (χ4n) is 2.81. The van der Waals surface area contributed by atoms with E-state index in [1.165, 1.54) is 14.2 Å². The molecule has 0 aromatic heterocycles. The Bertz CT molecular complexity index is 476. The van der Waals surface area contributed by atoms with Crippen LogP contribution in [0.1, 0.15) is 25.7 Å². The number of rotatable bonds is 4. The minimum Gasteiger partial charge on any atom is -0.497 e. The molecule has 0 amide bonds. The van der Waals surface area contributed by atoms with Crippen molar-refractivity contribution in [3.8, 4) is 11.5 Å². The van der Waals surface area contributed by atoms with E-state index in [1.54, 1.807) is 18.2 Å². The number of benzene rings is 1. The summed E-state index contributed by atoms with van der Waals surface area (Å²) in [5.74, 6) is -0.215. The van der Waals surface area contributed by atoms with E-state index in [-0.39, 0.29) is 6.42 Å². The number of ether oxygens (including phenoxy) is 2. The maximum absolute atomic E-state index is 13.1. The van der Waals surface area contributed by atoms with Gasteiger partial charge < -0.3 is 14.8 Å². The number of halogens is 3. The molecule has 1 aliphatic rings. The quantitative estimate of drug-likeness (QED) is 0.902. The van der Waals surface area contributed by atoms with Crippen molar-refractivity contribution in [2.24, 2.45) is 5.92 Å². The molecule has 2 rings (SSSR count). The molecule has 118 valence electrons. The third-order valence-electron chi connectivity index (χ3n) is 3.94. The average molecular weight is 303 g/mol. The maximum Gasteiger partial charge on any atom is 0.393 e. The molecule has 21 heavy (non-hydrogen) atoms. The minimum atomic E-state index is -4.17. The number of anilines is 1. The maximum atomic E-state index is 13.1. The molecule has 1 fully saturated rings. The summed E-state index contributed by atoms with van der Waals surface area (Å²) in [7, 11) is 3.02. The number of nitrogens with one attached hydrogen (secondary N) is 1. The Labute approximate surface area is 122 Å². The second-order valence-electron chi connectivity index (χ2n) is 5.25. The topological polar surface area (TPSA) is 30.5 Å². The smallest absolute Gasteiger partial charge is 0.393 e. The fourth-order valence-corrected chi connectivity index (χ4v) is 2.81. The standard InChI is InChI=1S/C15H20F3NO2/c1-20-10-7-8-13(14(9-10)21-2)19-12-6-4-3-5-11(12)15(16,17)18/h7-9,11-12,19H,3-6H2,1-2H3. The van der Waals surface area contributed by atoms with E-state index in [9.17, 15) is 13.2 Å². The molecular weight excluding hydrogens is 283 g/mol. The Morgan fingerprint density at radius 3 is 2.43 bits per heavy atom. The Morgan fingerprint density at radius 1 is 1.10 bits per heavy atom. The Morgan fingerprint density at radius 2 is 1.81 bits per heavy atom. The van der Waals surface area contributed by atoms with E-state index in [1.807, 2.05) is 0 Å². The molecule has 1 aliphatic carbocycles. The van der Waals surface area contributed by atoms with Crippen LogP contribution in [0, 0.1) is 5.92 Å². The molecule has 0 bridgehead atoms. The molecule has 2 atom stereocenters. The van der Waals surface area contributed by atoms with E-state index in [0.717, 1.165) is 6.42 Å². The van der Waals surface area contributed by atoms with Gasteiger partial charge in [-0.05, 0) is 25.0 Å². The molecule has 0 spiro atoms. The minimum absolute atomic E-state index is 0.180. The first kappa shape index (κ1) is 15.8. The first-order valence-corrected chi connectivity index (χ1v) is 7.01. The third kappa shape index (κ3) is 3.74. The molecule has 1 saturated carbocycles. The zero-order valence-corrected chi connectivity index (χ0v) is 12.2. The normalized spacial score (nSPS) is 22.7. The van der Waals surface area contributed by atoms with Crippen molar-refractivity contribution < 1.29 is 22.6 Å². The van der Waals surface area contributed by atoms with Crippen LogP contribution in [0.25, 0.3) is 0 Å². The third-order valence-corrected chi connectivity index (χ3v) is 3.94. The van der Waals surface area contributed by atoms with E-state index >= 15 is 0 Å². The van der Waals surface area contributed by atoms with Gasteiger partial charge >= 0.3 is 6.18 Å². The van der Waals surface area contributed by atoms with Crippen molar-refractivity contribution in [3.05, 3.63) is 18.2 Å². The van der Waals surface area contributed by atoms with Crippen molar-refractivity contribution in [1.82, 2.24) is 0 Å². The van der Waals surface area contributed by atoms with Gasteiger partial charge in [0.05, 0.1) is 25.8 Å². The van der Waals surface area contributed by atoms with E-state index < -0.39 is 18.1 Å². The molecule has 0 radical (unpaired) electrons. The zero-order chi connectivity index (χ0) is 15.5. The molecule has 2 unspecified atom stereocenters. The number of hydrogen-bond acceptors (Lipinski definition) is 3. The van der Waals surface area contributed by atoms with Crippen molar-refractivity contribution in [1.29, 1.82) is 0 Å². The lowest BCUT2D eigenvalue weighted by atomic mass is 9.84. The average Bonchev–Trinajstić information content (AvgIpc) is 2.47. The molecule has 1 aromatic rings. The summed E-state index contributed by atoms with van der Waals surface area (Å²) < 4.78 is 49.6. The van der Waals surface area contributed by atoms with Crippen molar-refractivity contribution >= 4 is 5.69 Å². The number of hydrogen-bond donors (Lipinski definition) is 1. The van der Waals surface area contributed by atoms with E-state index in [0.29, 0.717) is 30.0 Å². The van der Waals surface area contributed by atoms with Crippen molar-refractivity contribution in [2.75, 3.05) is 19.5 Å². The van der Waals surface area contributed by atoms with Crippen LogP contribution in [-0.2, 0) is 0 Å². The lowest BCUT2D eigenvalue weighted by Gasteiger charge is -2.34. The zero-order valence-electron chi connectivity index (χ0n) is 12.2. The van der Waals surface area contributed by atoms with Gasteiger partial charge in [0, 0.05) is 12.1 Å².